The van der Waals surface area contributed by atoms with Gasteiger partial charge in [0.2, 0.25) is 5.92 Å². The minimum Gasteiger partial charge on any atom is -0.316 e. The van der Waals surface area contributed by atoms with Crippen molar-refractivity contribution in [3.63, 3.8) is 0 Å². The van der Waals surface area contributed by atoms with Crippen LogP contribution in [0.1, 0.15) is 25.7 Å². The highest BCUT2D eigenvalue weighted by molar-refractivity contribution is 4.88. The average Bonchev–Trinajstić information content (AvgIpc) is 2.02. The molecule has 1 heterocycles. The molecule has 2 aliphatic rings. The summed E-state index contributed by atoms with van der Waals surface area (Å²) in [6.07, 6.45) is 1.90. The second-order valence-corrected chi connectivity index (χ2v) is 4.11. The molecule has 1 aliphatic carbocycles. The van der Waals surface area contributed by atoms with Gasteiger partial charge in [-0.2, -0.15) is 0 Å². The molecule has 0 bridgehead atoms. The highest BCUT2D eigenvalue weighted by atomic mass is 19.3. The summed E-state index contributed by atoms with van der Waals surface area (Å²) in [5, 5.41) is 3.27. The fourth-order valence-corrected chi connectivity index (χ4v) is 2.47. The lowest BCUT2D eigenvalue weighted by atomic mass is 9.74. The molecule has 0 radical (unpaired) electrons. The summed E-state index contributed by atoms with van der Waals surface area (Å²) >= 11 is 0. The van der Waals surface area contributed by atoms with E-state index in [2.05, 4.69) is 5.32 Å². The Hall–Kier alpha value is -0.180. The van der Waals surface area contributed by atoms with Gasteiger partial charge in [0.05, 0.1) is 0 Å². The van der Waals surface area contributed by atoms with Crippen molar-refractivity contribution in [2.45, 2.75) is 31.6 Å². The SMILES string of the molecule is FC1(F)CCC2CNCCC2C1. The lowest BCUT2D eigenvalue weighted by Crippen LogP contribution is -2.43. The van der Waals surface area contributed by atoms with Gasteiger partial charge in [-0.1, -0.05) is 0 Å². The number of hydrogen-bond donors (Lipinski definition) is 1. The first-order chi connectivity index (χ1) is 5.67. The molecule has 2 unspecified atom stereocenters. The van der Waals surface area contributed by atoms with Crippen LogP contribution < -0.4 is 5.32 Å². The number of halogens is 2. The van der Waals surface area contributed by atoms with Crippen LogP contribution in [0.3, 0.4) is 0 Å². The molecular weight excluding hydrogens is 160 g/mol. The molecule has 2 fully saturated rings. The normalized spacial score (nSPS) is 40.5. The van der Waals surface area contributed by atoms with Crippen molar-refractivity contribution in [2.24, 2.45) is 11.8 Å². The molecule has 12 heavy (non-hydrogen) atoms. The lowest BCUT2D eigenvalue weighted by Gasteiger charge is -2.39. The summed E-state index contributed by atoms with van der Waals surface area (Å²) in [5.41, 5.74) is 0. The second-order valence-electron chi connectivity index (χ2n) is 4.11. The molecule has 0 aromatic heterocycles. The molecule has 0 amide bonds. The number of piperidine rings is 1. The lowest BCUT2D eigenvalue weighted by molar-refractivity contribution is -0.0744. The molecule has 3 heteroatoms. The van der Waals surface area contributed by atoms with E-state index in [0.29, 0.717) is 12.3 Å². The number of nitrogens with one attached hydrogen (secondary N) is 1. The zero-order chi connectivity index (χ0) is 8.60. The van der Waals surface area contributed by atoms with Crippen LogP contribution in [-0.4, -0.2) is 19.0 Å². The van der Waals surface area contributed by atoms with Crippen molar-refractivity contribution in [3.05, 3.63) is 0 Å². The van der Waals surface area contributed by atoms with E-state index in [-0.39, 0.29) is 18.8 Å². The van der Waals surface area contributed by atoms with Gasteiger partial charge in [0.1, 0.15) is 0 Å². The van der Waals surface area contributed by atoms with E-state index in [1.165, 1.54) is 0 Å². The molecule has 1 nitrogen and oxygen atoms in total. The Morgan fingerprint density at radius 2 is 2.00 bits per heavy atom. The average molecular weight is 175 g/mol. The van der Waals surface area contributed by atoms with Crippen LogP contribution in [0.2, 0.25) is 0 Å². The van der Waals surface area contributed by atoms with Crippen molar-refractivity contribution in [1.82, 2.24) is 5.32 Å². The third kappa shape index (κ3) is 1.60. The molecule has 0 aromatic rings. The Morgan fingerprint density at radius 1 is 1.17 bits per heavy atom. The number of hydrogen-bond acceptors (Lipinski definition) is 1. The molecule has 0 spiro atoms. The molecule has 2 atom stereocenters. The van der Waals surface area contributed by atoms with E-state index in [0.717, 1.165) is 19.5 Å². The quantitative estimate of drug-likeness (QED) is 0.594. The van der Waals surface area contributed by atoms with Crippen molar-refractivity contribution in [3.8, 4) is 0 Å². The first kappa shape index (κ1) is 8.42. The predicted octanol–water partition coefficient (Wildman–Crippen LogP) is 2.03. The predicted molar refractivity (Wildman–Crippen MR) is 43.3 cm³/mol. The van der Waals surface area contributed by atoms with Gasteiger partial charge in [0.25, 0.3) is 0 Å². The molecule has 1 saturated heterocycles. The van der Waals surface area contributed by atoms with E-state index >= 15 is 0 Å². The summed E-state index contributed by atoms with van der Waals surface area (Å²) in [6, 6.07) is 0. The summed E-state index contributed by atoms with van der Waals surface area (Å²) in [6.45, 7) is 1.89. The Morgan fingerprint density at radius 3 is 2.83 bits per heavy atom. The van der Waals surface area contributed by atoms with Crippen LogP contribution >= 0.6 is 0 Å². The minimum absolute atomic E-state index is 0.107. The zero-order valence-electron chi connectivity index (χ0n) is 7.15. The summed E-state index contributed by atoms with van der Waals surface area (Å²) in [4.78, 5) is 0. The molecule has 1 N–H and O–H groups in total. The van der Waals surface area contributed by atoms with E-state index < -0.39 is 5.92 Å². The zero-order valence-corrected chi connectivity index (χ0v) is 7.15. The first-order valence-electron chi connectivity index (χ1n) is 4.76. The maximum Gasteiger partial charge on any atom is 0.248 e. The van der Waals surface area contributed by atoms with Crippen LogP contribution in [0.15, 0.2) is 0 Å². The number of rotatable bonds is 0. The van der Waals surface area contributed by atoms with Crippen molar-refractivity contribution >= 4 is 0 Å². The highest BCUT2D eigenvalue weighted by Crippen LogP contribution is 2.42. The minimum atomic E-state index is -2.36. The smallest absolute Gasteiger partial charge is 0.248 e. The van der Waals surface area contributed by atoms with Crippen molar-refractivity contribution in [1.29, 1.82) is 0 Å². The Kier molecular flexibility index (Phi) is 2.07. The largest absolute Gasteiger partial charge is 0.316 e. The molecule has 1 saturated carbocycles. The van der Waals surface area contributed by atoms with Crippen LogP contribution in [-0.2, 0) is 0 Å². The monoisotopic (exact) mass is 175 g/mol. The van der Waals surface area contributed by atoms with Gasteiger partial charge in [0.15, 0.2) is 0 Å². The first-order valence-corrected chi connectivity index (χ1v) is 4.76. The topological polar surface area (TPSA) is 12.0 Å². The third-order valence-corrected chi connectivity index (χ3v) is 3.21. The van der Waals surface area contributed by atoms with Gasteiger partial charge >= 0.3 is 0 Å². The summed E-state index contributed by atoms with van der Waals surface area (Å²) in [5.74, 6) is -1.55. The third-order valence-electron chi connectivity index (χ3n) is 3.21. The van der Waals surface area contributed by atoms with Gasteiger partial charge in [-0.15, -0.1) is 0 Å². The molecule has 70 valence electrons. The molecule has 0 aromatic carbocycles. The van der Waals surface area contributed by atoms with Crippen LogP contribution in [0, 0.1) is 11.8 Å². The second kappa shape index (κ2) is 2.95. The van der Waals surface area contributed by atoms with E-state index in [1.807, 2.05) is 0 Å². The number of fused-ring (bicyclic) bond motifs is 1. The highest BCUT2D eigenvalue weighted by Gasteiger charge is 2.41. The maximum atomic E-state index is 13.0. The van der Waals surface area contributed by atoms with E-state index in [1.54, 1.807) is 0 Å². The van der Waals surface area contributed by atoms with Crippen LogP contribution in [0.5, 0.6) is 0 Å². The number of alkyl halides is 2. The molecule has 1 aliphatic heterocycles. The summed E-state index contributed by atoms with van der Waals surface area (Å²) in [7, 11) is 0. The Bertz CT molecular complexity index is 170. The Balaban J connectivity index is 1.99. The fraction of sp³-hybridized carbons (Fsp3) is 1.00. The van der Waals surface area contributed by atoms with Crippen LogP contribution in [0.25, 0.3) is 0 Å². The van der Waals surface area contributed by atoms with Gasteiger partial charge in [0, 0.05) is 12.8 Å². The summed E-state index contributed by atoms with van der Waals surface area (Å²) < 4.78 is 25.9. The van der Waals surface area contributed by atoms with Gasteiger partial charge in [-0.05, 0) is 37.8 Å². The van der Waals surface area contributed by atoms with Crippen LogP contribution in [0.4, 0.5) is 8.78 Å². The van der Waals surface area contributed by atoms with Crippen molar-refractivity contribution in [2.75, 3.05) is 13.1 Å². The Labute approximate surface area is 71.5 Å². The van der Waals surface area contributed by atoms with E-state index in [9.17, 15) is 8.78 Å². The maximum absolute atomic E-state index is 13.0. The van der Waals surface area contributed by atoms with Gasteiger partial charge < -0.3 is 5.32 Å². The van der Waals surface area contributed by atoms with Gasteiger partial charge in [-0.25, -0.2) is 8.78 Å². The molecular formula is C9H15F2N. The molecule has 2 rings (SSSR count). The van der Waals surface area contributed by atoms with Crippen molar-refractivity contribution < 1.29 is 8.78 Å². The standard InChI is InChI=1S/C9H15F2N/c10-9(11)3-1-8-6-12-4-2-7(8)5-9/h7-8,12H,1-6H2. The van der Waals surface area contributed by atoms with E-state index in [4.69, 9.17) is 0 Å². The van der Waals surface area contributed by atoms with Gasteiger partial charge in [-0.3, -0.25) is 0 Å². The fourth-order valence-electron chi connectivity index (χ4n) is 2.47.